The molecule has 1 unspecified atom stereocenters. The average Bonchev–Trinajstić information content (AvgIpc) is 1.60. The molecule has 7 atom stereocenters. The molecule has 15 aromatic rings. The summed E-state index contributed by atoms with van der Waals surface area (Å²) < 4.78 is 69.7. The Labute approximate surface area is 880 Å². The number of nitrogen functional groups attached to an aromatic ring is 1. The van der Waals surface area contributed by atoms with E-state index in [0.29, 0.717) is 146 Å². The number of pyridine rings is 4. The van der Waals surface area contributed by atoms with Crippen molar-refractivity contribution in [2.24, 2.45) is 32.0 Å². The van der Waals surface area contributed by atoms with Crippen LogP contribution in [-0.2, 0) is 37.4 Å². The van der Waals surface area contributed by atoms with Crippen molar-refractivity contribution in [2.75, 3.05) is 41.3 Å². The zero-order chi connectivity index (χ0) is 105. The number of nitrogens with zero attached hydrogens (tertiary/aromatic N) is 15. The van der Waals surface area contributed by atoms with Crippen molar-refractivity contribution in [1.82, 2.24) is 49.9 Å². The van der Waals surface area contributed by atoms with Crippen LogP contribution in [0.2, 0.25) is 15.1 Å². The maximum absolute atomic E-state index is 13.7. The number of aryl methyl sites for hydroxylation is 3. The quantitative estimate of drug-likeness (QED) is 0.0162. The first-order valence-electron chi connectivity index (χ1n) is 47.5. The molecule has 754 valence electrons. The number of aliphatic imine (C=N–C) groups is 2. The summed E-state index contributed by atoms with van der Waals surface area (Å²) in [5.74, 6) is 5.44. The van der Waals surface area contributed by atoms with Gasteiger partial charge in [0.1, 0.15) is 52.9 Å². The van der Waals surface area contributed by atoms with E-state index >= 15 is 0 Å². The van der Waals surface area contributed by atoms with E-state index in [1.165, 1.54) is 46.7 Å². The number of hydrogen-bond donors (Lipinski definition) is 5. The van der Waals surface area contributed by atoms with Crippen LogP contribution in [0, 0.1) is 95.7 Å². The molecule has 7 aromatic carbocycles. The summed E-state index contributed by atoms with van der Waals surface area (Å²) in [6.07, 6.45) is 14.2. The predicted molar refractivity (Wildman–Crippen MR) is 579 cm³/mol. The van der Waals surface area contributed by atoms with Crippen LogP contribution in [0.3, 0.4) is 0 Å². The van der Waals surface area contributed by atoms with E-state index in [0.717, 1.165) is 93.5 Å². The molecule has 0 spiro atoms. The highest BCUT2D eigenvalue weighted by molar-refractivity contribution is 7.10. The van der Waals surface area contributed by atoms with Crippen LogP contribution >= 0.6 is 68.8 Å². The monoisotopic (exact) mass is 2090 g/mol. The first kappa shape index (κ1) is 108. The van der Waals surface area contributed by atoms with Gasteiger partial charge in [-0.05, 0) is 157 Å². The molecule has 24 nitrogen and oxygen atoms in total. The summed E-state index contributed by atoms with van der Waals surface area (Å²) in [6.45, 7) is 28.4. The van der Waals surface area contributed by atoms with Gasteiger partial charge in [0, 0.05) is 81.6 Å². The van der Waals surface area contributed by atoms with Gasteiger partial charge in [-0.15, -0.1) is 52.0 Å². The van der Waals surface area contributed by atoms with Crippen molar-refractivity contribution in [3.05, 3.63) is 331 Å². The summed E-state index contributed by atoms with van der Waals surface area (Å²) in [5, 5.41) is 51.1. The number of nitrogens with one attached hydrogen (secondary N) is 3. The number of carbonyl (C=O) groups is 1. The largest absolute Gasteiger partial charge is 0.465 e. The molecule has 0 bridgehead atoms. The van der Waals surface area contributed by atoms with Crippen LogP contribution in [0.15, 0.2) is 227 Å². The predicted octanol–water partition coefficient (Wildman–Crippen LogP) is 26.5. The summed E-state index contributed by atoms with van der Waals surface area (Å²) >= 11 is 24.0. The van der Waals surface area contributed by atoms with Gasteiger partial charge in [-0.25, -0.2) is 52.2 Å². The first-order chi connectivity index (χ1) is 70.2. The fraction of sp³-hybridized carbons (Fsp3) is 0.319. The lowest BCUT2D eigenvalue weighted by molar-refractivity contribution is -0.144. The van der Waals surface area contributed by atoms with E-state index < -0.39 is 36.0 Å². The van der Waals surface area contributed by atoms with Gasteiger partial charge in [-0.1, -0.05) is 242 Å². The number of thiazole rings is 3. The third-order valence-corrected chi connectivity index (χ3v) is 27.7. The lowest BCUT2D eigenvalue weighted by Crippen LogP contribution is -2.30. The van der Waals surface area contributed by atoms with Crippen molar-refractivity contribution in [2.45, 2.75) is 195 Å². The van der Waals surface area contributed by atoms with Crippen LogP contribution in [-0.4, -0.2) is 106 Å². The minimum Gasteiger partial charge on any atom is -0.465 e. The van der Waals surface area contributed by atoms with Gasteiger partial charge in [0.2, 0.25) is 17.9 Å². The number of carbonyl (C=O) groups excluding carboxylic acids is 1. The molecule has 147 heavy (non-hydrogen) atoms. The second-order valence-corrected chi connectivity index (χ2v) is 44.1. The van der Waals surface area contributed by atoms with Gasteiger partial charge in [0.15, 0.2) is 12.2 Å². The molecule has 19 rings (SSSR count). The maximum Gasteiger partial charge on any atom is 0.304 e. The summed E-state index contributed by atoms with van der Waals surface area (Å²) in [7, 11) is 0. The summed E-state index contributed by atoms with van der Waals surface area (Å²) in [6, 6.07) is 64.3. The third-order valence-electron chi connectivity index (χ3n) is 24.5. The number of aromatic nitrogens is 10. The van der Waals surface area contributed by atoms with Gasteiger partial charge < -0.3 is 41.6 Å². The molecule has 0 saturated heterocycles. The lowest BCUT2D eigenvalue weighted by Gasteiger charge is -2.21. The van der Waals surface area contributed by atoms with E-state index in [1.807, 2.05) is 142 Å². The number of alkyl halides is 4. The Hall–Kier alpha value is -14.3. The minimum absolute atomic E-state index is 0.0140. The fourth-order valence-corrected chi connectivity index (χ4v) is 19.0. The zero-order valence-corrected chi connectivity index (χ0v) is 88.1. The Morgan fingerprint density at radius 3 is 1.27 bits per heavy atom. The van der Waals surface area contributed by atoms with Crippen molar-refractivity contribution < 1.29 is 36.6 Å². The highest BCUT2D eigenvalue weighted by Gasteiger charge is 2.54. The van der Waals surface area contributed by atoms with Crippen LogP contribution in [0.1, 0.15) is 236 Å². The molecule has 0 radical (unpaired) electrons. The molecule has 2 aliphatic heterocycles. The molecule has 34 heteroatoms. The second kappa shape index (κ2) is 47.5. The smallest absolute Gasteiger partial charge is 0.304 e. The van der Waals surface area contributed by atoms with Crippen molar-refractivity contribution >= 4 is 142 Å². The van der Waals surface area contributed by atoms with Crippen molar-refractivity contribution in [3.63, 3.8) is 0 Å². The highest BCUT2D eigenvalue weighted by Crippen LogP contribution is 2.50. The summed E-state index contributed by atoms with van der Waals surface area (Å²) in [4.78, 5) is 55.0. The molecule has 7 N–H and O–H groups in total. The molecule has 2 fully saturated rings. The molecule has 8 aromatic heterocycles. The van der Waals surface area contributed by atoms with Crippen LogP contribution in [0.25, 0.3) is 32.7 Å². The number of halogens is 7. The van der Waals surface area contributed by atoms with Crippen LogP contribution in [0.4, 0.5) is 40.3 Å². The average molecular weight is 2090 g/mol. The van der Waals surface area contributed by atoms with Gasteiger partial charge >= 0.3 is 5.97 Å². The standard InChI is InChI=1S/C35H27N3O2.C27H28ClF2N7S.C23H23ClN4S.C15H17ClN4.C9H9NO2S.C4H7F2N/c1-5-14-24(15-6-1)30-32(26-18-9-3-10-19-26)39-34(37-30)28-22-13-23-29(36-28)35-38-31(25-16-7-2-8-17-25)33(40-35)27-20-11-4-12-21-27;1-15-22(34-14-38-15)18(21-12-37(36-35-21)27(5-6-27)25(29)30)7-16-8-19-23(33-13-26(2,3)4)17(10-31)11-32-24(19)20(28)9-16;1-6-16(20-14(2)29-13-28-20)7-15-8-18-21(27-12-23(3,4)5)17(10-25)11-26-22(18)19(24)9-15;1-15(2,3)8-20-13-9(6-17)7-19-14-11(13)4-10(18)5-12(14)16;1-4-8(12-7(3)11)9-6(2)13-5-10-9;5-3(6)4(7)1-2-4/h1-23,30-33H;8-9,11-12,14,18,25H,5-7,13H2,1-4H3,(H,32,33);1,8-9,11,13,16H,7,12H2,2-5H3,(H,26,27);4-5,7H,8,18H2,1-3H3,(H,19,20);1,5,8H,2-3H3;3H,1-2,7H2/t30-,31-,32+,33+;18-;16-;;;/m010.../s1. The number of esters is 1. The van der Waals surface area contributed by atoms with E-state index in [9.17, 15) is 38.1 Å². The molecular weight excluding hydrogens is 1980 g/mol. The van der Waals surface area contributed by atoms with E-state index in [-0.39, 0.29) is 52.4 Å². The number of anilines is 4. The Bertz CT molecular complexity index is 7370. The zero-order valence-electron chi connectivity index (χ0n) is 83.4. The number of nitrogens with two attached hydrogens (primary N) is 2. The number of fused-ring (bicyclic) bond motifs is 3. The molecule has 0 amide bonds. The number of nitriles is 3. The number of hydrogen-bond acceptors (Lipinski definition) is 26. The van der Waals surface area contributed by atoms with Gasteiger partial charge in [0.25, 0.3) is 12.9 Å². The summed E-state index contributed by atoms with van der Waals surface area (Å²) in [5.41, 5.74) is 30.6. The Morgan fingerprint density at radius 1 is 0.524 bits per heavy atom. The van der Waals surface area contributed by atoms with Crippen LogP contribution < -0.4 is 27.4 Å². The maximum atomic E-state index is 13.7. The Morgan fingerprint density at radius 2 is 0.918 bits per heavy atom. The number of ether oxygens (including phenoxy) is 3. The molecule has 10 heterocycles. The first-order valence-corrected chi connectivity index (χ1v) is 51.2. The van der Waals surface area contributed by atoms with Crippen molar-refractivity contribution in [3.8, 4) is 42.9 Å². The van der Waals surface area contributed by atoms with Gasteiger partial charge in [-0.3, -0.25) is 19.7 Å². The SMILES string of the molecule is C#CC(OC(C)=O)c1ncsc1C.C#C[C@@H](Cc1cc(Cl)c2ncc(C#N)c(NCC(C)(C)C)c2c1)c1ncsc1C.CC(C)(C)CNc1c(C#N)cnc2c(Cl)cc(N)cc12.Cc1scnc1[C@H](Cc1cc(Cl)c2ncc(C#N)c(NCC(C)(C)C)c2c1)c1cn(C2(C(F)F)CC2)nn1.NC1(C(F)F)CC1.c1ccc([C@H]2OC(c3cccc(C4=N[C@@H](c5ccccc5)[C@@H](c5ccccc5)O4)n3)=N[C@H]2c2ccccc2)cc1. The Balaban J connectivity index is 0.000000148. The normalized spacial score (nSPS) is 16.2. The molecular formula is C113H111Cl3F4N20O4S3. The number of rotatable bonds is 24. The van der Waals surface area contributed by atoms with E-state index in [2.05, 4.69) is 197 Å². The minimum atomic E-state index is -2.50. The van der Waals surface area contributed by atoms with Gasteiger partial charge in [-0.2, -0.15) is 15.8 Å². The van der Waals surface area contributed by atoms with Crippen molar-refractivity contribution in [1.29, 1.82) is 15.8 Å². The van der Waals surface area contributed by atoms with Crippen LogP contribution in [0.5, 0.6) is 0 Å². The Kier molecular flexibility index (Phi) is 35.0. The van der Waals surface area contributed by atoms with E-state index in [1.54, 1.807) is 46.9 Å². The number of benzene rings is 7. The molecule has 2 aliphatic carbocycles. The highest BCUT2D eigenvalue weighted by atomic mass is 35.5. The fourth-order valence-electron chi connectivity index (χ4n) is 16.3. The number of terminal acetylenes is 2. The molecule has 2 saturated carbocycles. The molecule has 4 aliphatic rings. The lowest BCUT2D eigenvalue weighted by atomic mass is 9.91. The van der Waals surface area contributed by atoms with E-state index in [4.69, 9.17) is 88.3 Å². The topological polar surface area (TPSA) is 350 Å². The third kappa shape index (κ3) is 27.1. The second-order valence-electron chi connectivity index (χ2n) is 39.7. The van der Waals surface area contributed by atoms with Gasteiger partial charge in [0.05, 0.1) is 123 Å².